The first-order chi connectivity index (χ1) is 8.17. The second-order valence-corrected chi connectivity index (χ2v) is 5.75. The molecular weight excluding hydrogens is 324 g/mol. The highest BCUT2D eigenvalue weighted by Gasteiger charge is 2.06. The lowest BCUT2D eigenvalue weighted by atomic mass is 10.1. The maximum absolute atomic E-state index is 11.1. The Morgan fingerprint density at radius 2 is 2.29 bits per heavy atom. The van der Waals surface area contributed by atoms with Gasteiger partial charge in [-0.2, -0.15) is 0 Å². The minimum absolute atomic E-state index is 0.249. The number of hydrogen-bond acceptors (Lipinski definition) is 3. The molecular formula is C12H14BrClO2S. The average Bonchev–Trinajstić information content (AvgIpc) is 2.32. The Morgan fingerprint density at radius 3 is 2.88 bits per heavy atom. The highest BCUT2D eigenvalue weighted by atomic mass is 79.9. The molecule has 5 heteroatoms. The lowest BCUT2D eigenvalue weighted by Crippen LogP contribution is -2.04. The van der Waals surface area contributed by atoms with Gasteiger partial charge in [0, 0.05) is 10.2 Å². The molecule has 0 bridgehead atoms. The van der Waals surface area contributed by atoms with Crippen LogP contribution < -0.4 is 0 Å². The van der Waals surface area contributed by atoms with E-state index in [1.165, 1.54) is 7.11 Å². The van der Waals surface area contributed by atoms with Gasteiger partial charge < -0.3 is 4.74 Å². The molecule has 2 nitrogen and oxygen atoms in total. The van der Waals surface area contributed by atoms with Crippen molar-refractivity contribution in [1.82, 2.24) is 0 Å². The van der Waals surface area contributed by atoms with Crippen LogP contribution in [0, 0.1) is 0 Å². The Kier molecular flexibility index (Phi) is 7.00. The lowest BCUT2D eigenvalue weighted by molar-refractivity contribution is -0.139. The van der Waals surface area contributed by atoms with Crippen molar-refractivity contribution in [2.24, 2.45) is 0 Å². The quantitative estimate of drug-likeness (QED) is 0.340. The third-order valence-corrected chi connectivity index (χ3v) is 4.25. The summed E-state index contributed by atoms with van der Waals surface area (Å²) in [6, 6.07) is 5.70. The maximum Gasteiger partial charge on any atom is 0.309 e. The summed E-state index contributed by atoms with van der Waals surface area (Å²) in [7, 11) is 1.38. The van der Waals surface area contributed by atoms with Crippen LogP contribution in [-0.4, -0.2) is 24.2 Å². The van der Waals surface area contributed by atoms with E-state index in [0.717, 1.165) is 28.0 Å². The summed E-state index contributed by atoms with van der Waals surface area (Å²) in [5, 5.41) is 1.70. The van der Waals surface area contributed by atoms with E-state index in [2.05, 4.69) is 20.7 Å². The van der Waals surface area contributed by atoms with Crippen LogP contribution in [0.15, 0.2) is 23.1 Å². The number of methoxy groups -OCH3 is 1. The second kappa shape index (κ2) is 8.01. The van der Waals surface area contributed by atoms with Crippen molar-refractivity contribution >= 4 is 45.3 Å². The predicted octanol–water partition coefficient (Wildman–Crippen LogP) is 3.93. The molecule has 1 aromatic rings. The van der Waals surface area contributed by atoms with E-state index in [0.29, 0.717) is 5.02 Å². The van der Waals surface area contributed by atoms with Gasteiger partial charge in [-0.15, -0.1) is 11.8 Å². The number of hydrogen-bond donors (Lipinski definition) is 0. The molecule has 0 aliphatic carbocycles. The topological polar surface area (TPSA) is 26.3 Å². The fourth-order valence-corrected chi connectivity index (χ4v) is 3.13. The molecule has 0 aliphatic rings. The smallest absolute Gasteiger partial charge is 0.309 e. The van der Waals surface area contributed by atoms with Gasteiger partial charge in [-0.05, 0) is 29.9 Å². The molecule has 0 atom stereocenters. The maximum atomic E-state index is 11.1. The zero-order valence-corrected chi connectivity index (χ0v) is 12.7. The predicted molar refractivity (Wildman–Crippen MR) is 76.3 cm³/mol. The van der Waals surface area contributed by atoms with Gasteiger partial charge in [0.25, 0.3) is 0 Å². The molecule has 94 valence electrons. The Morgan fingerprint density at radius 1 is 1.53 bits per heavy atom. The van der Waals surface area contributed by atoms with Crippen molar-refractivity contribution in [3.63, 3.8) is 0 Å². The number of thioether (sulfide) groups is 1. The number of carbonyl (C=O) groups is 1. The largest absolute Gasteiger partial charge is 0.469 e. The molecule has 0 amide bonds. The molecule has 0 aliphatic heterocycles. The number of rotatable bonds is 6. The van der Waals surface area contributed by atoms with E-state index in [9.17, 15) is 4.79 Å². The number of benzene rings is 1. The molecule has 0 saturated heterocycles. The minimum Gasteiger partial charge on any atom is -0.469 e. The molecule has 0 unspecified atom stereocenters. The molecule has 0 saturated carbocycles. The van der Waals surface area contributed by atoms with Crippen LogP contribution in [-0.2, 0) is 16.0 Å². The molecule has 1 aromatic carbocycles. The molecule has 0 fully saturated rings. The van der Waals surface area contributed by atoms with Gasteiger partial charge >= 0.3 is 5.97 Å². The fraction of sp³-hybridized carbons (Fsp3) is 0.417. The Bertz CT molecular complexity index is 385. The number of alkyl halides is 1. The number of carbonyl (C=O) groups excluding carboxylic acids is 1. The molecule has 17 heavy (non-hydrogen) atoms. The molecule has 1 rings (SSSR count). The standard InChI is InChI=1S/C12H14BrClO2S/c1-16-12(15)8-9-3-4-11(10(14)7-9)17-6-2-5-13/h3-4,7H,2,5-6,8H2,1H3. The van der Waals surface area contributed by atoms with Gasteiger partial charge in [0.1, 0.15) is 0 Å². The van der Waals surface area contributed by atoms with E-state index in [-0.39, 0.29) is 12.4 Å². The molecule has 0 spiro atoms. The summed E-state index contributed by atoms with van der Waals surface area (Å²) in [6.45, 7) is 0. The lowest BCUT2D eigenvalue weighted by Gasteiger charge is -2.06. The fourth-order valence-electron chi connectivity index (χ4n) is 1.25. The van der Waals surface area contributed by atoms with Crippen molar-refractivity contribution < 1.29 is 9.53 Å². The second-order valence-electron chi connectivity index (χ2n) is 3.41. The Balaban J connectivity index is 2.62. The summed E-state index contributed by atoms with van der Waals surface area (Å²) in [5.74, 6) is 0.780. The van der Waals surface area contributed by atoms with Crippen molar-refractivity contribution in [1.29, 1.82) is 0 Å². The van der Waals surface area contributed by atoms with Crippen LogP contribution >= 0.6 is 39.3 Å². The van der Waals surface area contributed by atoms with Crippen molar-refractivity contribution in [2.45, 2.75) is 17.7 Å². The first-order valence-corrected chi connectivity index (χ1v) is 7.70. The highest BCUT2D eigenvalue weighted by Crippen LogP contribution is 2.28. The minimum atomic E-state index is -0.249. The van der Waals surface area contributed by atoms with E-state index in [4.69, 9.17) is 11.6 Å². The van der Waals surface area contributed by atoms with Crippen LogP contribution in [0.4, 0.5) is 0 Å². The monoisotopic (exact) mass is 336 g/mol. The summed E-state index contributed by atoms with van der Waals surface area (Å²) in [4.78, 5) is 12.2. The third-order valence-electron chi connectivity index (χ3n) is 2.11. The van der Waals surface area contributed by atoms with Crippen molar-refractivity contribution in [3.8, 4) is 0 Å². The highest BCUT2D eigenvalue weighted by molar-refractivity contribution is 9.09. The number of halogens is 2. The Hall–Kier alpha value is -0.190. The SMILES string of the molecule is COC(=O)Cc1ccc(SCCCBr)c(Cl)c1. The van der Waals surface area contributed by atoms with Crippen LogP contribution in [0.25, 0.3) is 0 Å². The summed E-state index contributed by atoms with van der Waals surface area (Å²) < 4.78 is 4.61. The van der Waals surface area contributed by atoms with Crippen LogP contribution in [0.2, 0.25) is 5.02 Å². The van der Waals surface area contributed by atoms with Gasteiger partial charge in [-0.3, -0.25) is 4.79 Å². The van der Waals surface area contributed by atoms with E-state index in [1.807, 2.05) is 18.2 Å². The van der Waals surface area contributed by atoms with Gasteiger partial charge in [0.05, 0.1) is 18.6 Å². The van der Waals surface area contributed by atoms with Crippen molar-refractivity contribution in [3.05, 3.63) is 28.8 Å². The van der Waals surface area contributed by atoms with Crippen LogP contribution in [0.5, 0.6) is 0 Å². The summed E-state index contributed by atoms with van der Waals surface area (Å²) in [5.41, 5.74) is 0.881. The molecule has 0 radical (unpaired) electrons. The average molecular weight is 338 g/mol. The molecule has 0 heterocycles. The van der Waals surface area contributed by atoms with Crippen LogP contribution in [0.3, 0.4) is 0 Å². The van der Waals surface area contributed by atoms with E-state index in [1.54, 1.807) is 11.8 Å². The molecule has 0 aromatic heterocycles. The van der Waals surface area contributed by atoms with E-state index < -0.39 is 0 Å². The van der Waals surface area contributed by atoms with E-state index >= 15 is 0 Å². The van der Waals surface area contributed by atoms with Gasteiger partial charge in [0.2, 0.25) is 0 Å². The number of ether oxygens (including phenoxy) is 1. The zero-order chi connectivity index (χ0) is 12.7. The zero-order valence-electron chi connectivity index (χ0n) is 9.54. The van der Waals surface area contributed by atoms with Crippen LogP contribution in [0.1, 0.15) is 12.0 Å². The van der Waals surface area contributed by atoms with Crippen molar-refractivity contribution in [2.75, 3.05) is 18.2 Å². The summed E-state index contributed by atoms with van der Waals surface area (Å²) in [6.07, 6.45) is 1.37. The normalized spacial score (nSPS) is 10.3. The van der Waals surface area contributed by atoms with Gasteiger partial charge in [-0.1, -0.05) is 33.6 Å². The van der Waals surface area contributed by atoms with Gasteiger partial charge in [0.15, 0.2) is 0 Å². The van der Waals surface area contributed by atoms with Gasteiger partial charge in [-0.25, -0.2) is 0 Å². The summed E-state index contributed by atoms with van der Waals surface area (Å²) >= 11 is 11.3. The first-order valence-electron chi connectivity index (χ1n) is 5.21. The number of esters is 1. The first kappa shape index (κ1) is 14.9. The molecule has 0 N–H and O–H groups in total. The Labute approximate surface area is 119 Å². The third kappa shape index (κ3) is 5.32.